The molecule has 0 bridgehead atoms. The minimum atomic E-state index is -0.248. The minimum absolute atomic E-state index is 0.248. The van der Waals surface area contributed by atoms with Crippen molar-refractivity contribution in [2.45, 2.75) is 32.4 Å². The lowest BCUT2D eigenvalue weighted by Gasteiger charge is -2.16. The Kier molecular flexibility index (Phi) is 4.13. The highest BCUT2D eigenvalue weighted by molar-refractivity contribution is 5.83. The van der Waals surface area contributed by atoms with Gasteiger partial charge in [-0.05, 0) is 38.0 Å². The maximum atomic E-state index is 13.3. The van der Waals surface area contributed by atoms with Gasteiger partial charge in [-0.25, -0.2) is 4.39 Å². The molecule has 0 saturated carbocycles. The average Bonchev–Trinajstić information content (AvgIpc) is 3.13. The molecule has 3 rings (SSSR count). The van der Waals surface area contributed by atoms with Crippen LogP contribution >= 0.6 is 0 Å². The van der Waals surface area contributed by atoms with Crippen LogP contribution in [0.15, 0.2) is 39.8 Å². The van der Waals surface area contributed by atoms with E-state index in [-0.39, 0.29) is 5.82 Å². The van der Waals surface area contributed by atoms with E-state index in [4.69, 9.17) is 4.42 Å². The number of rotatable bonds is 3. The number of hydrogen-bond acceptors (Lipinski definition) is 2. The molecule has 5 heteroatoms. The lowest BCUT2D eigenvalue weighted by molar-refractivity contribution is 0.530. The van der Waals surface area contributed by atoms with Gasteiger partial charge in [0.2, 0.25) is 0 Å². The van der Waals surface area contributed by atoms with Gasteiger partial charge in [0, 0.05) is 24.0 Å². The van der Waals surface area contributed by atoms with Gasteiger partial charge in [-0.3, -0.25) is 4.99 Å². The third kappa shape index (κ3) is 2.98. The van der Waals surface area contributed by atoms with Crippen molar-refractivity contribution in [3.63, 3.8) is 0 Å². The number of nitrogens with zero attached hydrogens (tertiary/aromatic N) is 1. The monoisotopic (exact) mass is 301 g/mol. The molecule has 0 unspecified atom stereocenters. The Hall–Kier alpha value is -2.30. The Balaban J connectivity index is 1.68. The highest BCUT2D eigenvalue weighted by atomic mass is 19.1. The summed E-state index contributed by atoms with van der Waals surface area (Å²) in [6.45, 7) is 2.46. The summed E-state index contributed by atoms with van der Waals surface area (Å²) in [4.78, 5) is 4.23. The standard InChI is InChI=1S/C17H20FN3O/c1-11-14-9-12(18)7-8-15(14)22-16(11)10-20-17(19-2)21-13-5-3-4-6-13/h3-4,7-9,13H,5-6,10H2,1-2H3,(H2,19,20,21). The predicted octanol–water partition coefficient (Wildman–Crippen LogP) is 3.26. The first-order valence-corrected chi connectivity index (χ1v) is 7.47. The van der Waals surface area contributed by atoms with E-state index in [2.05, 4.69) is 27.8 Å². The second kappa shape index (κ2) is 6.22. The highest BCUT2D eigenvalue weighted by Crippen LogP contribution is 2.25. The third-order valence-corrected chi connectivity index (χ3v) is 3.99. The van der Waals surface area contributed by atoms with Crippen molar-refractivity contribution in [2.75, 3.05) is 7.05 Å². The summed E-state index contributed by atoms with van der Waals surface area (Å²) in [6, 6.07) is 4.99. The van der Waals surface area contributed by atoms with E-state index < -0.39 is 0 Å². The quantitative estimate of drug-likeness (QED) is 0.520. The number of furan rings is 1. The van der Waals surface area contributed by atoms with Gasteiger partial charge in [-0.2, -0.15) is 0 Å². The summed E-state index contributed by atoms with van der Waals surface area (Å²) in [5.74, 6) is 1.30. The van der Waals surface area contributed by atoms with Crippen LogP contribution in [0.5, 0.6) is 0 Å². The molecule has 0 amide bonds. The zero-order chi connectivity index (χ0) is 15.5. The topological polar surface area (TPSA) is 49.6 Å². The molecule has 0 fully saturated rings. The Morgan fingerprint density at radius 3 is 2.86 bits per heavy atom. The van der Waals surface area contributed by atoms with Crippen molar-refractivity contribution in [3.8, 4) is 0 Å². The van der Waals surface area contributed by atoms with Gasteiger partial charge in [0.05, 0.1) is 6.54 Å². The van der Waals surface area contributed by atoms with Crippen LogP contribution in [-0.2, 0) is 6.54 Å². The number of hydrogen-bond donors (Lipinski definition) is 2. The lowest BCUT2D eigenvalue weighted by Crippen LogP contribution is -2.42. The summed E-state index contributed by atoms with van der Waals surface area (Å²) >= 11 is 0. The first-order valence-electron chi connectivity index (χ1n) is 7.47. The van der Waals surface area contributed by atoms with E-state index in [0.29, 0.717) is 18.2 Å². The number of fused-ring (bicyclic) bond motifs is 1. The van der Waals surface area contributed by atoms with Crippen LogP contribution in [0.1, 0.15) is 24.2 Å². The molecule has 116 valence electrons. The Morgan fingerprint density at radius 1 is 1.36 bits per heavy atom. The molecule has 2 N–H and O–H groups in total. The molecule has 1 heterocycles. The average molecular weight is 301 g/mol. The highest BCUT2D eigenvalue weighted by Gasteiger charge is 2.14. The van der Waals surface area contributed by atoms with Gasteiger partial charge < -0.3 is 15.1 Å². The van der Waals surface area contributed by atoms with Crippen molar-refractivity contribution < 1.29 is 8.81 Å². The van der Waals surface area contributed by atoms with Crippen LogP contribution in [0.2, 0.25) is 0 Å². The Bertz CT molecular complexity index is 725. The fourth-order valence-electron chi connectivity index (χ4n) is 2.70. The van der Waals surface area contributed by atoms with Gasteiger partial charge in [-0.1, -0.05) is 12.2 Å². The van der Waals surface area contributed by atoms with E-state index in [0.717, 1.165) is 35.5 Å². The van der Waals surface area contributed by atoms with Crippen molar-refractivity contribution in [2.24, 2.45) is 4.99 Å². The van der Waals surface area contributed by atoms with E-state index in [1.54, 1.807) is 13.1 Å². The molecule has 0 saturated heterocycles. The predicted molar refractivity (Wildman–Crippen MR) is 86.4 cm³/mol. The van der Waals surface area contributed by atoms with Gasteiger partial charge in [0.1, 0.15) is 17.2 Å². The van der Waals surface area contributed by atoms with Crippen LogP contribution in [0.3, 0.4) is 0 Å². The van der Waals surface area contributed by atoms with Crippen LogP contribution in [-0.4, -0.2) is 19.0 Å². The molecule has 2 aromatic rings. The van der Waals surface area contributed by atoms with Crippen LogP contribution in [0, 0.1) is 12.7 Å². The van der Waals surface area contributed by atoms with Gasteiger partial charge in [0.25, 0.3) is 0 Å². The fourth-order valence-corrected chi connectivity index (χ4v) is 2.70. The molecule has 0 radical (unpaired) electrons. The molecular weight excluding hydrogens is 281 g/mol. The maximum Gasteiger partial charge on any atom is 0.191 e. The van der Waals surface area contributed by atoms with Crippen LogP contribution in [0.4, 0.5) is 4.39 Å². The van der Waals surface area contributed by atoms with E-state index in [9.17, 15) is 4.39 Å². The van der Waals surface area contributed by atoms with Gasteiger partial charge >= 0.3 is 0 Å². The largest absolute Gasteiger partial charge is 0.459 e. The number of guanidine groups is 1. The maximum absolute atomic E-state index is 13.3. The summed E-state index contributed by atoms with van der Waals surface area (Å²) in [6.07, 6.45) is 6.37. The zero-order valence-electron chi connectivity index (χ0n) is 12.8. The normalized spacial score (nSPS) is 15.7. The molecule has 1 aromatic carbocycles. The molecular formula is C17H20FN3O. The summed E-state index contributed by atoms with van der Waals surface area (Å²) in [7, 11) is 1.75. The SMILES string of the molecule is CN=C(NCc1oc2ccc(F)cc2c1C)NC1CC=CC1. The van der Waals surface area contributed by atoms with Gasteiger partial charge in [-0.15, -0.1) is 0 Å². The molecule has 4 nitrogen and oxygen atoms in total. The first-order chi connectivity index (χ1) is 10.7. The number of benzene rings is 1. The lowest BCUT2D eigenvalue weighted by atomic mass is 10.1. The second-order valence-electron chi connectivity index (χ2n) is 5.50. The summed E-state index contributed by atoms with van der Waals surface area (Å²) < 4.78 is 19.1. The molecule has 1 aliphatic carbocycles. The van der Waals surface area contributed by atoms with Crippen molar-refractivity contribution >= 4 is 16.9 Å². The third-order valence-electron chi connectivity index (χ3n) is 3.99. The molecule has 22 heavy (non-hydrogen) atoms. The summed E-state index contributed by atoms with van der Waals surface area (Å²) in [5, 5.41) is 7.44. The van der Waals surface area contributed by atoms with E-state index in [1.807, 2.05) is 6.92 Å². The summed E-state index contributed by atoms with van der Waals surface area (Å²) in [5.41, 5.74) is 1.67. The molecule has 1 aromatic heterocycles. The minimum Gasteiger partial charge on any atom is -0.459 e. The van der Waals surface area contributed by atoms with Gasteiger partial charge in [0.15, 0.2) is 5.96 Å². The molecule has 0 aliphatic heterocycles. The fraction of sp³-hybridized carbons (Fsp3) is 0.353. The number of halogens is 1. The number of aryl methyl sites for hydroxylation is 1. The van der Waals surface area contributed by atoms with Crippen molar-refractivity contribution in [1.82, 2.24) is 10.6 Å². The van der Waals surface area contributed by atoms with Crippen LogP contribution < -0.4 is 10.6 Å². The molecule has 0 spiro atoms. The molecule has 0 atom stereocenters. The van der Waals surface area contributed by atoms with E-state index >= 15 is 0 Å². The number of nitrogens with one attached hydrogen (secondary N) is 2. The Morgan fingerprint density at radius 2 is 2.14 bits per heavy atom. The smallest absolute Gasteiger partial charge is 0.191 e. The van der Waals surface area contributed by atoms with Crippen LogP contribution in [0.25, 0.3) is 11.0 Å². The van der Waals surface area contributed by atoms with E-state index in [1.165, 1.54) is 12.1 Å². The van der Waals surface area contributed by atoms with Crippen molar-refractivity contribution in [3.05, 3.63) is 47.5 Å². The molecule has 1 aliphatic rings. The Labute approximate surface area is 129 Å². The first kappa shape index (κ1) is 14.6. The van der Waals surface area contributed by atoms with Crippen molar-refractivity contribution in [1.29, 1.82) is 0 Å². The second-order valence-corrected chi connectivity index (χ2v) is 5.50. The number of aliphatic imine (C=N–C) groups is 1. The zero-order valence-corrected chi connectivity index (χ0v) is 12.8.